The molecule has 0 aliphatic rings. The lowest BCUT2D eigenvalue weighted by Crippen LogP contribution is -2.21. The molecule has 3 heteroatoms. The van der Waals surface area contributed by atoms with Gasteiger partial charge in [-0.25, -0.2) is 0 Å². The van der Waals surface area contributed by atoms with Crippen LogP contribution in [0, 0.1) is 5.92 Å². The van der Waals surface area contributed by atoms with E-state index in [-0.39, 0.29) is 0 Å². The number of hydrogen-bond donors (Lipinski definition) is 1. The molecule has 16 heavy (non-hydrogen) atoms. The lowest BCUT2D eigenvalue weighted by molar-refractivity contribution is 0.485. The van der Waals surface area contributed by atoms with E-state index in [1.54, 1.807) is 0 Å². The van der Waals surface area contributed by atoms with Crippen molar-refractivity contribution < 1.29 is 0 Å². The minimum absolute atomic E-state index is 0.721. The second kappa shape index (κ2) is 7.99. The van der Waals surface area contributed by atoms with Crippen molar-refractivity contribution in [1.82, 2.24) is 5.32 Å². The third kappa shape index (κ3) is 5.24. The van der Waals surface area contributed by atoms with Crippen molar-refractivity contribution >= 4 is 23.4 Å². The smallest absolute Gasteiger partial charge is 0.0406 e. The Kier molecular flexibility index (Phi) is 6.93. The fourth-order valence-electron chi connectivity index (χ4n) is 1.80. The number of nitrogens with one attached hydrogen (secondary N) is 1. The summed E-state index contributed by atoms with van der Waals surface area (Å²) in [7, 11) is 2.02. The monoisotopic (exact) mass is 257 g/mol. The van der Waals surface area contributed by atoms with Crippen LogP contribution in [0.3, 0.4) is 0 Å². The molecule has 1 atom stereocenters. The van der Waals surface area contributed by atoms with Crippen LogP contribution in [-0.4, -0.2) is 25.6 Å². The fraction of sp³-hybridized carbons (Fsp3) is 0.538. The summed E-state index contributed by atoms with van der Waals surface area (Å²) in [6, 6.07) is 8.21. The Labute approximate surface area is 108 Å². The Bertz CT molecular complexity index is 286. The van der Waals surface area contributed by atoms with E-state index in [2.05, 4.69) is 23.7 Å². The zero-order valence-corrected chi connectivity index (χ0v) is 11.6. The zero-order chi connectivity index (χ0) is 11.8. The molecule has 1 unspecified atom stereocenters. The van der Waals surface area contributed by atoms with Gasteiger partial charge in [0, 0.05) is 5.02 Å². The van der Waals surface area contributed by atoms with Crippen molar-refractivity contribution in [2.75, 3.05) is 25.6 Å². The van der Waals surface area contributed by atoms with Crippen LogP contribution in [0.2, 0.25) is 5.02 Å². The summed E-state index contributed by atoms with van der Waals surface area (Å²) in [5, 5.41) is 4.09. The molecule has 0 bridgehead atoms. The quantitative estimate of drug-likeness (QED) is 0.803. The molecule has 0 saturated carbocycles. The first-order chi connectivity index (χ1) is 7.76. The maximum absolute atomic E-state index is 5.88. The molecular formula is C13H20ClNS. The summed E-state index contributed by atoms with van der Waals surface area (Å²) in [4.78, 5) is 0. The predicted octanol–water partition coefficient (Wildman–Crippen LogP) is 3.47. The van der Waals surface area contributed by atoms with Gasteiger partial charge in [-0.05, 0) is 62.1 Å². The average molecular weight is 258 g/mol. The van der Waals surface area contributed by atoms with Gasteiger partial charge in [0.25, 0.3) is 0 Å². The third-order valence-corrected chi connectivity index (χ3v) is 3.56. The van der Waals surface area contributed by atoms with Crippen molar-refractivity contribution in [3.8, 4) is 0 Å². The maximum atomic E-state index is 5.88. The standard InChI is InChI=1S/C13H20ClNS/c1-15-10-12(7-8-16-2)9-11-3-5-13(14)6-4-11/h3-6,12,15H,7-10H2,1-2H3. The molecule has 0 radical (unpaired) electrons. The highest BCUT2D eigenvalue weighted by Gasteiger charge is 2.08. The number of benzene rings is 1. The Hall–Kier alpha value is -0.180. The van der Waals surface area contributed by atoms with Gasteiger partial charge >= 0.3 is 0 Å². The Morgan fingerprint density at radius 1 is 1.31 bits per heavy atom. The van der Waals surface area contributed by atoms with Crippen molar-refractivity contribution in [1.29, 1.82) is 0 Å². The SMILES string of the molecule is CNCC(CCSC)Cc1ccc(Cl)cc1. The molecule has 0 aliphatic carbocycles. The molecular weight excluding hydrogens is 238 g/mol. The zero-order valence-electron chi connectivity index (χ0n) is 10.0. The molecule has 0 amide bonds. The highest BCUT2D eigenvalue weighted by atomic mass is 35.5. The average Bonchev–Trinajstić information content (AvgIpc) is 2.29. The van der Waals surface area contributed by atoms with E-state index in [0.717, 1.165) is 23.9 Å². The van der Waals surface area contributed by atoms with Gasteiger partial charge in [0.2, 0.25) is 0 Å². The lowest BCUT2D eigenvalue weighted by atomic mass is 9.97. The molecule has 1 rings (SSSR count). The van der Waals surface area contributed by atoms with Crippen molar-refractivity contribution in [3.63, 3.8) is 0 Å². The normalized spacial score (nSPS) is 12.7. The van der Waals surface area contributed by atoms with Crippen LogP contribution in [0.25, 0.3) is 0 Å². The third-order valence-electron chi connectivity index (χ3n) is 2.66. The number of rotatable bonds is 7. The topological polar surface area (TPSA) is 12.0 Å². The molecule has 1 nitrogen and oxygen atoms in total. The number of thioether (sulfide) groups is 1. The summed E-state index contributed by atoms with van der Waals surface area (Å²) < 4.78 is 0. The van der Waals surface area contributed by atoms with Crippen LogP contribution in [-0.2, 0) is 6.42 Å². The van der Waals surface area contributed by atoms with Gasteiger partial charge in [-0.15, -0.1) is 0 Å². The van der Waals surface area contributed by atoms with Gasteiger partial charge in [0.05, 0.1) is 0 Å². The molecule has 0 spiro atoms. The summed E-state index contributed by atoms with van der Waals surface area (Å²) in [6.07, 6.45) is 4.57. The Balaban J connectivity index is 2.49. The molecule has 1 N–H and O–H groups in total. The van der Waals surface area contributed by atoms with Crippen molar-refractivity contribution in [2.24, 2.45) is 5.92 Å². The molecule has 1 aromatic rings. The highest BCUT2D eigenvalue weighted by Crippen LogP contribution is 2.16. The largest absolute Gasteiger partial charge is 0.319 e. The van der Waals surface area contributed by atoms with E-state index >= 15 is 0 Å². The molecule has 0 aromatic heterocycles. The molecule has 90 valence electrons. The first-order valence-corrected chi connectivity index (χ1v) is 7.41. The van der Waals surface area contributed by atoms with E-state index in [0.29, 0.717) is 0 Å². The van der Waals surface area contributed by atoms with Crippen LogP contribution in [0.15, 0.2) is 24.3 Å². The van der Waals surface area contributed by atoms with E-state index in [1.165, 1.54) is 17.7 Å². The van der Waals surface area contributed by atoms with Crippen LogP contribution in [0.1, 0.15) is 12.0 Å². The Morgan fingerprint density at radius 3 is 2.56 bits per heavy atom. The molecule has 0 aliphatic heterocycles. The minimum atomic E-state index is 0.721. The predicted molar refractivity (Wildman–Crippen MR) is 75.6 cm³/mol. The first-order valence-electron chi connectivity index (χ1n) is 5.64. The summed E-state index contributed by atoms with van der Waals surface area (Å²) in [5.41, 5.74) is 1.38. The Morgan fingerprint density at radius 2 is 2.00 bits per heavy atom. The van der Waals surface area contributed by atoms with Crippen LogP contribution < -0.4 is 5.32 Å². The van der Waals surface area contributed by atoms with Gasteiger partial charge in [-0.1, -0.05) is 23.7 Å². The fourth-order valence-corrected chi connectivity index (χ4v) is 2.50. The second-order valence-electron chi connectivity index (χ2n) is 4.04. The molecule has 1 aromatic carbocycles. The van der Waals surface area contributed by atoms with E-state index in [4.69, 9.17) is 11.6 Å². The van der Waals surface area contributed by atoms with E-state index in [1.807, 2.05) is 30.9 Å². The number of halogens is 1. The van der Waals surface area contributed by atoms with Crippen LogP contribution in [0.5, 0.6) is 0 Å². The van der Waals surface area contributed by atoms with Gasteiger partial charge in [-0.3, -0.25) is 0 Å². The summed E-state index contributed by atoms with van der Waals surface area (Å²) in [5.74, 6) is 1.96. The second-order valence-corrected chi connectivity index (χ2v) is 5.46. The van der Waals surface area contributed by atoms with Gasteiger partial charge in [-0.2, -0.15) is 11.8 Å². The van der Waals surface area contributed by atoms with Crippen molar-refractivity contribution in [3.05, 3.63) is 34.9 Å². The van der Waals surface area contributed by atoms with Crippen LogP contribution >= 0.6 is 23.4 Å². The minimum Gasteiger partial charge on any atom is -0.319 e. The molecule has 0 heterocycles. The molecule has 0 fully saturated rings. The molecule has 0 saturated heterocycles. The van der Waals surface area contributed by atoms with Gasteiger partial charge in [0.1, 0.15) is 0 Å². The van der Waals surface area contributed by atoms with Gasteiger partial charge < -0.3 is 5.32 Å². The van der Waals surface area contributed by atoms with E-state index < -0.39 is 0 Å². The first kappa shape index (κ1) is 13.9. The van der Waals surface area contributed by atoms with Gasteiger partial charge in [0.15, 0.2) is 0 Å². The van der Waals surface area contributed by atoms with Crippen molar-refractivity contribution in [2.45, 2.75) is 12.8 Å². The number of hydrogen-bond acceptors (Lipinski definition) is 2. The van der Waals surface area contributed by atoms with Crippen LogP contribution in [0.4, 0.5) is 0 Å². The summed E-state index contributed by atoms with van der Waals surface area (Å²) >= 11 is 7.80. The van der Waals surface area contributed by atoms with E-state index in [9.17, 15) is 0 Å². The maximum Gasteiger partial charge on any atom is 0.0406 e. The highest BCUT2D eigenvalue weighted by molar-refractivity contribution is 7.98. The summed E-state index contributed by atoms with van der Waals surface area (Å²) in [6.45, 7) is 1.09. The lowest BCUT2D eigenvalue weighted by Gasteiger charge is -2.16.